The van der Waals surface area contributed by atoms with Gasteiger partial charge in [0.25, 0.3) is 21.8 Å². The van der Waals surface area contributed by atoms with Crippen LogP contribution in [0.3, 0.4) is 0 Å². The van der Waals surface area contributed by atoms with E-state index in [0.717, 1.165) is 51.1 Å². The number of nitrogens with zero attached hydrogens (tertiary/aromatic N) is 1. The van der Waals surface area contributed by atoms with Crippen molar-refractivity contribution in [3.8, 4) is 0 Å². The number of benzene rings is 1. The summed E-state index contributed by atoms with van der Waals surface area (Å²) in [5.74, 6) is -2.24. The minimum absolute atomic E-state index is 0.0506. The summed E-state index contributed by atoms with van der Waals surface area (Å²) in [4.78, 5) is 40.3. The van der Waals surface area contributed by atoms with Crippen LogP contribution in [0.1, 0.15) is 102 Å². The number of nitrogens with one attached hydrogen (secondary N) is 2. The lowest BCUT2D eigenvalue weighted by Gasteiger charge is -2.14. The summed E-state index contributed by atoms with van der Waals surface area (Å²) in [6, 6.07) is 6.68. The van der Waals surface area contributed by atoms with Gasteiger partial charge in [-0.25, -0.2) is 22.9 Å². The van der Waals surface area contributed by atoms with E-state index in [1.165, 1.54) is 30.3 Å². The van der Waals surface area contributed by atoms with Crippen LogP contribution in [0.15, 0.2) is 41.4 Å². The summed E-state index contributed by atoms with van der Waals surface area (Å²) >= 11 is 0. The van der Waals surface area contributed by atoms with Crippen molar-refractivity contribution >= 4 is 27.8 Å². The molecular formula is C27H37N3O6S. The Balaban J connectivity index is 2.10. The summed E-state index contributed by atoms with van der Waals surface area (Å²) in [6.45, 7) is 6.72. The Bertz CT molecular complexity index is 1180. The normalized spacial score (nSPS) is 12.1. The highest BCUT2D eigenvalue weighted by atomic mass is 32.2. The summed E-state index contributed by atoms with van der Waals surface area (Å²) in [5, 5.41) is 12.3. The van der Waals surface area contributed by atoms with Crippen LogP contribution in [0.4, 0.5) is 0 Å². The van der Waals surface area contributed by atoms with Crippen LogP contribution in [-0.4, -0.2) is 42.8 Å². The molecule has 0 aliphatic rings. The van der Waals surface area contributed by atoms with Gasteiger partial charge in [-0.15, -0.1) is 0 Å². The van der Waals surface area contributed by atoms with E-state index >= 15 is 0 Å². The molecule has 0 saturated heterocycles. The number of carbonyl (C=O) groups is 3. The van der Waals surface area contributed by atoms with E-state index in [2.05, 4.69) is 24.1 Å². The topological polar surface area (TPSA) is 143 Å². The Hall–Kier alpha value is -3.27. The monoisotopic (exact) mass is 531 g/mol. The van der Waals surface area contributed by atoms with Gasteiger partial charge in [-0.2, -0.15) is 0 Å². The van der Waals surface area contributed by atoms with Gasteiger partial charge >= 0.3 is 5.97 Å². The van der Waals surface area contributed by atoms with E-state index in [-0.39, 0.29) is 28.0 Å². The van der Waals surface area contributed by atoms with Crippen molar-refractivity contribution < 1.29 is 27.9 Å². The third-order valence-corrected chi connectivity index (χ3v) is 7.37. The molecule has 1 aromatic carbocycles. The fourth-order valence-electron chi connectivity index (χ4n) is 3.89. The van der Waals surface area contributed by atoms with Gasteiger partial charge in [0.05, 0.1) is 10.5 Å². The Morgan fingerprint density at radius 2 is 1.62 bits per heavy atom. The van der Waals surface area contributed by atoms with Gasteiger partial charge in [0, 0.05) is 18.3 Å². The Morgan fingerprint density at radius 3 is 2.24 bits per heavy atom. The van der Waals surface area contributed by atoms with Gasteiger partial charge in [0.1, 0.15) is 0 Å². The second kappa shape index (κ2) is 14.5. The Kier molecular flexibility index (Phi) is 11.7. The average Bonchev–Trinajstić information content (AvgIpc) is 2.86. The van der Waals surface area contributed by atoms with Crippen molar-refractivity contribution in [1.82, 2.24) is 15.0 Å². The van der Waals surface area contributed by atoms with Crippen molar-refractivity contribution in [3.05, 3.63) is 58.9 Å². The highest BCUT2D eigenvalue weighted by molar-refractivity contribution is 7.90. The summed E-state index contributed by atoms with van der Waals surface area (Å²) in [6.07, 6.45) is 8.48. The third-order valence-electron chi connectivity index (χ3n) is 6.02. The molecule has 10 heteroatoms. The van der Waals surface area contributed by atoms with Crippen molar-refractivity contribution in [3.63, 3.8) is 0 Å². The molecule has 0 fully saturated rings. The second-order valence-electron chi connectivity index (χ2n) is 9.26. The van der Waals surface area contributed by atoms with Crippen LogP contribution in [0, 0.1) is 5.92 Å². The molecule has 0 aliphatic carbocycles. The van der Waals surface area contributed by atoms with Crippen molar-refractivity contribution in [2.75, 3.05) is 6.54 Å². The second-order valence-corrected chi connectivity index (χ2v) is 10.9. The fourth-order valence-corrected chi connectivity index (χ4v) is 4.87. The first-order valence-electron chi connectivity index (χ1n) is 12.8. The number of hydrogen-bond donors (Lipinski definition) is 3. The molecule has 1 heterocycles. The predicted octanol–water partition coefficient (Wildman–Crippen LogP) is 4.58. The largest absolute Gasteiger partial charge is 0.477 e. The number of unbranched alkanes of at least 4 members (excludes halogenated alkanes) is 4. The minimum atomic E-state index is -4.23. The molecule has 1 aromatic heterocycles. The van der Waals surface area contributed by atoms with Crippen LogP contribution < -0.4 is 10.0 Å². The highest BCUT2D eigenvalue weighted by Crippen LogP contribution is 2.19. The van der Waals surface area contributed by atoms with Gasteiger partial charge in [-0.3, -0.25) is 9.59 Å². The first kappa shape index (κ1) is 30.0. The molecule has 2 aromatic rings. The number of rotatable bonds is 15. The lowest BCUT2D eigenvalue weighted by Crippen LogP contribution is -2.31. The maximum atomic E-state index is 12.8. The van der Waals surface area contributed by atoms with Gasteiger partial charge in [0.15, 0.2) is 5.69 Å². The lowest BCUT2D eigenvalue weighted by molar-refractivity contribution is 0.0687. The summed E-state index contributed by atoms with van der Waals surface area (Å²) < 4.78 is 27.6. The van der Waals surface area contributed by atoms with Crippen LogP contribution in [-0.2, 0) is 16.4 Å². The number of carbonyl (C=O) groups excluding carboxylic acids is 2. The zero-order valence-electron chi connectivity index (χ0n) is 21.7. The summed E-state index contributed by atoms with van der Waals surface area (Å²) in [5.41, 5.74) is 0.495. The SMILES string of the molecule is CCCCCCNC(=O)c1ccc(S(=O)(=O)NC(=O)c2cnc(C(=O)O)c(CC(C)CCCC)c2)cc1. The van der Waals surface area contributed by atoms with Crippen molar-refractivity contribution in [2.24, 2.45) is 5.92 Å². The molecule has 2 amide bonds. The van der Waals surface area contributed by atoms with Crippen LogP contribution >= 0.6 is 0 Å². The zero-order valence-corrected chi connectivity index (χ0v) is 22.6. The number of amides is 2. The number of carboxylic acids is 1. The number of hydrogen-bond acceptors (Lipinski definition) is 6. The highest BCUT2D eigenvalue weighted by Gasteiger charge is 2.22. The molecule has 37 heavy (non-hydrogen) atoms. The van der Waals surface area contributed by atoms with E-state index in [4.69, 9.17) is 0 Å². The molecule has 0 saturated carbocycles. The van der Waals surface area contributed by atoms with Crippen LogP contribution in [0.5, 0.6) is 0 Å². The molecular weight excluding hydrogens is 494 g/mol. The third kappa shape index (κ3) is 9.27. The molecule has 2 rings (SSSR count). The standard InChI is InChI=1S/C27H37N3O6S/c1-4-6-8-9-15-28-25(31)20-11-13-23(14-12-20)37(35,36)30-26(32)22-17-21(16-19(3)10-7-5-2)24(27(33)34)29-18-22/h11-14,17-19H,4-10,15-16H2,1-3H3,(H,28,31)(H,30,32)(H,33,34). The quantitative estimate of drug-likeness (QED) is 0.286. The number of aromatic carboxylic acids is 1. The van der Waals surface area contributed by atoms with Gasteiger partial charge < -0.3 is 10.4 Å². The zero-order chi connectivity index (χ0) is 27.4. The predicted molar refractivity (Wildman–Crippen MR) is 141 cm³/mol. The Labute approximate surface area is 219 Å². The van der Waals surface area contributed by atoms with Crippen molar-refractivity contribution in [1.29, 1.82) is 0 Å². The lowest BCUT2D eigenvalue weighted by atomic mass is 9.94. The van der Waals surface area contributed by atoms with E-state index in [1.807, 2.05) is 11.6 Å². The molecule has 0 bridgehead atoms. The maximum Gasteiger partial charge on any atom is 0.354 e. The first-order valence-corrected chi connectivity index (χ1v) is 14.2. The minimum Gasteiger partial charge on any atom is -0.477 e. The van der Waals surface area contributed by atoms with Gasteiger partial charge in [-0.05, 0) is 54.7 Å². The van der Waals surface area contributed by atoms with E-state index in [0.29, 0.717) is 24.1 Å². The van der Waals surface area contributed by atoms with Crippen molar-refractivity contribution in [2.45, 2.75) is 77.0 Å². The maximum absolute atomic E-state index is 12.8. The smallest absolute Gasteiger partial charge is 0.354 e. The number of aromatic nitrogens is 1. The van der Waals surface area contributed by atoms with Gasteiger partial charge in [0.2, 0.25) is 0 Å². The molecule has 0 spiro atoms. The van der Waals surface area contributed by atoms with Crippen LogP contribution in [0.25, 0.3) is 0 Å². The first-order chi connectivity index (χ1) is 17.6. The van der Waals surface area contributed by atoms with Crippen LogP contribution in [0.2, 0.25) is 0 Å². The molecule has 0 radical (unpaired) electrons. The van der Waals surface area contributed by atoms with Gasteiger partial charge in [-0.1, -0.05) is 59.3 Å². The molecule has 9 nitrogen and oxygen atoms in total. The van der Waals surface area contributed by atoms with E-state index in [1.54, 1.807) is 0 Å². The average molecular weight is 532 g/mol. The molecule has 0 aliphatic heterocycles. The Morgan fingerprint density at radius 1 is 0.946 bits per heavy atom. The van der Waals surface area contributed by atoms with E-state index in [9.17, 15) is 27.9 Å². The number of carboxylic acid groups (broad SMARTS) is 1. The number of pyridine rings is 1. The molecule has 1 unspecified atom stereocenters. The fraction of sp³-hybridized carbons (Fsp3) is 0.481. The molecule has 1 atom stereocenters. The summed E-state index contributed by atoms with van der Waals surface area (Å²) in [7, 11) is -4.23. The van der Waals surface area contributed by atoms with E-state index < -0.39 is 21.9 Å². The molecule has 202 valence electrons. The molecule has 3 N–H and O–H groups in total. The number of sulfonamides is 1.